The van der Waals surface area contributed by atoms with E-state index in [1.165, 1.54) is 59.2 Å². The van der Waals surface area contributed by atoms with Gasteiger partial charge in [-0.25, -0.2) is 0 Å². The quantitative estimate of drug-likeness (QED) is 0.554. The van der Waals surface area contributed by atoms with E-state index in [0.29, 0.717) is 0 Å². The van der Waals surface area contributed by atoms with Crippen molar-refractivity contribution in [3.05, 3.63) is 0 Å². The maximum absolute atomic E-state index is 1.63. The van der Waals surface area contributed by atoms with Gasteiger partial charge in [-0.15, -0.1) is 0 Å². The third-order valence-corrected chi connectivity index (χ3v) is 8.85. The Balaban J connectivity index is 1.27. The van der Waals surface area contributed by atoms with Crippen LogP contribution in [0.5, 0.6) is 0 Å². The van der Waals surface area contributed by atoms with E-state index in [1.54, 1.807) is 51.4 Å². The highest BCUT2D eigenvalue weighted by Gasteiger charge is 2.81. The molecule has 6 aliphatic rings. The number of fused-ring (bicyclic) bond motifs is 13. The molecule has 0 N–H and O–H groups in total. The second-order valence-electron chi connectivity index (χ2n) is 8.69. The van der Waals surface area contributed by atoms with Crippen LogP contribution in [0.15, 0.2) is 0 Å². The Morgan fingerprint density at radius 3 is 1.11 bits per heavy atom. The normalized spacial score (nSPS) is 70.7. The molecular weight excluding hydrogens is 216 g/mol. The zero-order valence-electron chi connectivity index (χ0n) is 11.4. The summed E-state index contributed by atoms with van der Waals surface area (Å²) >= 11 is 0. The number of hydrogen-bond donors (Lipinski definition) is 0. The summed E-state index contributed by atoms with van der Waals surface area (Å²) in [5, 5.41) is 0. The van der Waals surface area contributed by atoms with Crippen molar-refractivity contribution in [3.63, 3.8) is 0 Å². The lowest BCUT2D eigenvalue weighted by Crippen LogP contribution is -2.82. The van der Waals surface area contributed by atoms with Gasteiger partial charge in [0, 0.05) is 0 Å². The number of hydrogen-bond acceptors (Lipinski definition) is 0. The second-order valence-corrected chi connectivity index (χ2v) is 8.69. The molecule has 0 bridgehead atoms. The average Bonchev–Trinajstić information content (AvgIpc) is 2.30. The van der Waals surface area contributed by atoms with Gasteiger partial charge in [-0.1, -0.05) is 25.7 Å². The van der Waals surface area contributed by atoms with Crippen LogP contribution in [0.2, 0.25) is 0 Å². The van der Waals surface area contributed by atoms with Crippen molar-refractivity contribution in [1.82, 2.24) is 0 Å². The summed E-state index contributed by atoms with van der Waals surface area (Å²) < 4.78 is 0. The zero-order valence-corrected chi connectivity index (χ0v) is 11.4. The summed E-state index contributed by atoms with van der Waals surface area (Å²) in [7, 11) is 0. The highest BCUT2D eigenvalue weighted by molar-refractivity contribution is 5.28. The Kier molecular flexibility index (Phi) is 1.65. The Bertz CT molecular complexity index is 353. The molecule has 0 aromatic carbocycles. The van der Waals surface area contributed by atoms with E-state index in [9.17, 15) is 0 Å². The van der Waals surface area contributed by atoms with Crippen LogP contribution >= 0.6 is 0 Å². The highest BCUT2D eigenvalue weighted by atomic mass is 14.9. The first kappa shape index (κ1) is 9.83. The van der Waals surface area contributed by atoms with Crippen LogP contribution in [0.1, 0.15) is 51.4 Å². The average molecular weight is 242 g/mol. The first-order valence-electron chi connectivity index (χ1n) is 8.97. The van der Waals surface area contributed by atoms with Crippen molar-refractivity contribution in [2.24, 2.45) is 59.2 Å². The Hall–Kier alpha value is 0. The predicted octanol–water partition coefficient (Wildman–Crippen LogP) is 4.35. The van der Waals surface area contributed by atoms with Crippen molar-refractivity contribution in [2.75, 3.05) is 0 Å². The van der Waals surface area contributed by atoms with E-state index < -0.39 is 0 Å². The van der Waals surface area contributed by atoms with Crippen molar-refractivity contribution in [1.29, 1.82) is 0 Å². The van der Waals surface area contributed by atoms with Crippen LogP contribution in [-0.2, 0) is 0 Å². The molecular formula is C18H26. The Labute approximate surface area is 111 Å². The molecule has 6 rings (SSSR count). The minimum absolute atomic E-state index is 1.22. The molecule has 0 radical (unpaired) electrons. The predicted molar refractivity (Wildman–Crippen MR) is 71.8 cm³/mol. The fourth-order valence-electron chi connectivity index (χ4n) is 8.27. The summed E-state index contributed by atoms with van der Waals surface area (Å²) in [4.78, 5) is 0. The third kappa shape index (κ3) is 0.826. The van der Waals surface area contributed by atoms with Crippen molar-refractivity contribution in [3.8, 4) is 0 Å². The van der Waals surface area contributed by atoms with Gasteiger partial charge in [0.05, 0.1) is 0 Å². The maximum Gasteiger partial charge on any atom is -0.0312 e. The van der Waals surface area contributed by atoms with Gasteiger partial charge in [-0.05, 0) is 84.9 Å². The van der Waals surface area contributed by atoms with E-state index in [4.69, 9.17) is 0 Å². The van der Waals surface area contributed by atoms with Gasteiger partial charge in [0.15, 0.2) is 0 Å². The van der Waals surface area contributed by atoms with Gasteiger partial charge in [0.1, 0.15) is 0 Å². The highest BCUT2D eigenvalue weighted by Crippen LogP contribution is 2.85. The lowest BCUT2D eigenvalue weighted by atomic mass is 9.18. The fraction of sp³-hybridized carbons (Fsp3) is 1.00. The molecule has 0 aliphatic heterocycles. The smallest absolute Gasteiger partial charge is 0.0312 e. The lowest BCUT2D eigenvalue weighted by Gasteiger charge is -2.86. The van der Waals surface area contributed by atoms with Gasteiger partial charge in [-0.2, -0.15) is 0 Å². The van der Waals surface area contributed by atoms with Gasteiger partial charge in [0.25, 0.3) is 0 Å². The van der Waals surface area contributed by atoms with Crippen molar-refractivity contribution in [2.45, 2.75) is 51.4 Å². The van der Waals surface area contributed by atoms with Crippen LogP contribution < -0.4 is 0 Å². The van der Waals surface area contributed by atoms with E-state index in [-0.39, 0.29) is 0 Å². The molecule has 6 fully saturated rings. The molecule has 6 aliphatic carbocycles. The monoisotopic (exact) mass is 242 g/mol. The molecule has 0 heteroatoms. The topological polar surface area (TPSA) is 0 Å². The summed E-state index contributed by atoms with van der Waals surface area (Å²) in [6, 6.07) is 0. The van der Waals surface area contributed by atoms with Gasteiger partial charge in [0.2, 0.25) is 0 Å². The van der Waals surface area contributed by atoms with Crippen LogP contribution in [-0.4, -0.2) is 0 Å². The van der Waals surface area contributed by atoms with E-state index in [2.05, 4.69) is 0 Å². The summed E-state index contributed by atoms with van der Waals surface area (Å²) in [6.07, 6.45) is 12.7. The van der Waals surface area contributed by atoms with E-state index in [1.807, 2.05) is 0 Å². The summed E-state index contributed by atoms with van der Waals surface area (Å²) in [5.41, 5.74) is 0. The zero-order chi connectivity index (χ0) is 11.4. The number of rotatable bonds is 0. The molecule has 18 heavy (non-hydrogen) atoms. The first-order valence-corrected chi connectivity index (χ1v) is 8.97. The minimum atomic E-state index is 1.22. The van der Waals surface area contributed by atoms with Gasteiger partial charge >= 0.3 is 0 Å². The lowest BCUT2D eigenvalue weighted by molar-refractivity contribution is -0.394. The molecule has 0 spiro atoms. The maximum atomic E-state index is 1.63. The molecule has 98 valence electrons. The van der Waals surface area contributed by atoms with Crippen LogP contribution in [0.4, 0.5) is 0 Å². The molecule has 10 unspecified atom stereocenters. The van der Waals surface area contributed by atoms with Crippen LogP contribution in [0, 0.1) is 59.2 Å². The van der Waals surface area contributed by atoms with Gasteiger partial charge in [-0.3, -0.25) is 0 Å². The molecule has 0 aromatic rings. The Morgan fingerprint density at radius 1 is 0.333 bits per heavy atom. The van der Waals surface area contributed by atoms with Crippen LogP contribution in [0.25, 0.3) is 0 Å². The molecule has 0 aromatic heterocycles. The van der Waals surface area contributed by atoms with Gasteiger partial charge < -0.3 is 0 Å². The third-order valence-electron chi connectivity index (χ3n) is 8.85. The summed E-state index contributed by atoms with van der Waals surface area (Å²) in [5.74, 6) is 12.6. The Morgan fingerprint density at radius 2 is 0.722 bits per heavy atom. The van der Waals surface area contributed by atoms with Crippen molar-refractivity contribution >= 4 is 0 Å². The molecule has 6 saturated carbocycles. The molecule has 0 saturated heterocycles. The van der Waals surface area contributed by atoms with E-state index >= 15 is 0 Å². The minimum Gasteiger partial charge on any atom is -0.0533 e. The molecule has 0 heterocycles. The fourth-order valence-corrected chi connectivity index (χ4v) is 8.27. The molecule has 0 amide bonds. The molecule has 0 nitrogen and oxygen atoms in total. The SMILES string of the molecule is C1CCCC2C(CC1)C1C2C2C3C4CCC4C3C12. The van der Waals surface area contributed by atoms with Crippen LogP contribution in [0.3, 0.4) is 0 Å². The van der Waals surface area contributed by atoms with E-state index in [0.717, 1.165) is 0 Å². The molecule has 10 atom stereocenters. The summed E-state index contributed by atoms with van der Waals surface area (Å²) in [6.45, 7) is 0. The second kappa shape index (κ2) is 3.01. The standard InChI is InChI=1S/C18H26/c1-2-4-6-10-9(5-3-1)13-14(10)18-16-12-8-7-11(12)15(16)17(13)18/h9-18H,1-8H2. The van der Waals surface area contributed by atoms with Crippen molar-refractivity contribution < 1.29 is 0 Å². The first-order chi connectivity index (χ1) is 8.97. The largest absolute Gasteiger partial charge is 0.0533 e.